The van der Waals surface area contributed by atoms with E-state index in [-0.39, 0.29) is 0 Å². The lowest BCUT2D eigenvalue weighted by Crippen LogP contribution is -2.24. The van der Waals surface area contributed by atoms with Gasteiger partial charge in [-0.1, -0.05) is 0 Å². The van der Waals surface area contributed by atoms with Crippen molar-refractivity contribution in [1.82, 2.24) is 9.97 Å². The zero-order valence-corrected chi connectivity index (χ0v) is 11.4. The first-order chi connectivity index (χ1) is 7.69. The fourth-order valence-electron chi connectivity index (χ4n) is 1.20. The molecule has 1 aromatic heterocycles. The van der Waals surface area contributed by atoms with E-state index in [2.05, 4.69) is 31.2 Å². The average Bonchev–Trinajstić information content (AvgIpc) is 2.30. The van der Waals surface area contributed by atoms with Crippen molar-refractivity contribution in [3.63, 3.8) is 0 Å². The highest BCUT2D eigenvalue weighted by molar-refractivity contribution is 9.10. The second kappa shape index (κ2) is 6.65. The van der Waals surface area contributed by atoms with Crippen molar-refractivity contribution in [2.45, 2.75) is 6.92 Å². The van der Waals surface area contributed by atoms with E-state index in [0.717, 1.165) is 23.4 Å². The molecule has 0 unspecified atom stereocenters. The zero-order chi connectivity index (χ0) is 12.0. The molecular formula is C10H17BrN4O. The number of nitrogens with zero attached hydrogens (tertiary/aromatic N) is 3. The molecule has 0 aromatic carbocycles. The van der Waals surface area contributed by atoms with Crippen molar-refractivity contribution in [2.24, 2.45) is 0 Å². The minimum absolute atomic E-state index is 0.612. The number of halogens is 1. The third-order valence-corrected chi connectivity index (χ3v) is 2.65. The molecule has 1 heterocycles. The van der Waals surface area contributed by atoms with E-state index in [1.165, 1.54) is 0 Å². The lowest BCUT2D eigenvalue weighted by atomic mass is 10.5. The molecule has 6 heteroatoms. The molecule has 0 bridgehead atoms. The first kappa shape index (κ1) is 13.2. The number of hydrogen-bond donors (Lipinski definition) is 1. The second-order valence-electron chi connectivity index (χ2n) is 3.23. The Morgan fingerprint density at radius 3 is 2.94 bits per heavy atom. The Kier molecular flexibility index (Phi) is 5.48. The third-order valence-electron chi connectivity index (χ3n) is 2.09. The van der Waals surface area contributed by atoms with Crippen molar-refractivity contribution < 1.29 is 4.74 Å². The van der Waals surface area contributed by atoms with Crippen molar-refractivity contribution in [1.29, 1.82) is 0 Å². The molecule has 16 heavy (non-hydrogen) atoms. The van der Waals surface area contributed by atoms with Crippen molar-refractivity contribution in [3.05, 3.63) is 10.7 Å². The average molecular weight is 289 g/mol. The number of anilines is 2. The topological polar surface area (TPSA) is 50.3 Å². The molecule has 0 aliphatic rings. The minimum atomic E-state index is 0.612. The number of likely N-dealkylation sites (N-methyl/N-ethyl adjacent to an activating group) is 1. The summed E-state index contributed by atoms with van der Waals surface area (Å²) in [6, 6.07) is 0. The Morgan fingerprint density at radius 1 is 1.56 bits per heavy atom. The van der Waals surface area contributed by atoms with E-state index in [1.807, 2.05) is 18.9 Å². The quantitative estimate of drug-likeness (QED) is 0.809. The van der Waals surface area contributed by atoms with Crippen LogP contribution in [0.4, 0.5) is 11.8 Å². The molecule has 0 saturated heterocycles. The van der Waals surface area contributed by atoms with Crippen molar-refractivity contribution in [2.75, 3.05) is 44.1 Å². The van der Waals surface area contributed by atoms with Crippen LogP contribution in [0.1, 0.15) is 6.92 Å². The number of aromatic nitrogens is 2. The Morgan fingerprint density at radius 2 is 2.31 bits per heavy atom. The van der Waals surface area contributed by atoms with Gasteiger partial charge in [0.25, 0.3) is 0 Å². The lowest BCUT2D eigenvalue weighted by molar-refractivity contribution is 0.154. The Bertz CT molecular complexity index is 335. The van der Waals surface area contributed by atoms with Crippen LogP contribution in [0.2, 0.25) is 0 Å². The molecule has 1 N–H and O–H groups in total. The predicted octanol–water partition coefficient (Wildman–Crippen LogP) is 1.75. The standard InChI is InChI=1S/C10H17BrN4O/c1-4-16-6-5-15(3)9-8(11)7-13-10(12-2)14-9/h7H,4-6H2,1-3H3,(H,12,13,14). The number of hydrogen-bond acceptors (Lipinski definition) is 5. The van der Waals surface area contributed by atoms with Crippen LogP contribution in [0.3, 0.4) is 0 Å². The summed E-state index contributed by atoms with van der Waals surface area (Å²) < 4.78 is 6.19. The molecule has 0 saturated carbocycles. The molecule has 1 aromatic rings. The van der Waals surface area contributed by atoms with Gasteiger partial charge in [-0.15, -0.1) is 0 Å². The number of ether oxygens (including phenoxy) is 1. The highest BCUT2D eigenvalue weighted by Gasteiger charge is 2.08. The van der Waals surface area contributed by atoms with Gasteiger partial charge in [0.15, 0.2) is 0 Å². The van der Waals surface area contributed by atoms with E-state index in [0.29, 0.717) is 12.6 Å². The van der Waals surface area contributed by atoms with Gasteiger partial charge in [0.1, 0.15) is 5.82 Å². The number of nitrogens with one attached hydrogen (secondary N) is 1. The fourth-order valence-corrected chi connectivity index (χ4v) is 1.69. The Balaban J connectivity index is 2.69. The SMILES string of the molecule is CCOCCN(C)c1nc(NC)ncc1Br. The van der Waals surface area contributed by atoms with Crippen LogP contribution in [0.25, 0.3) is 0 Å². The first-order valence-corrected chi connectivity index (χ1v) is 5.97. The maximum absolute atomic E-state index is 5.31. The van der Waals surface area contributed by atoms with Crippen LogP contribution in [-0.2, 0) is 4.74 Å². The van der Waals surface area contributed by atoms with Gasteiger partial charge in [0.2, 0.25) is 5.95 Å². The molecule has 0 atom stereocenters. The van der Waals surface area contributed by atoms with E-state index < -0.39 is 0 Å². The molecule has 0 aliphatic carbocycles. The molecule has 0 radical (unpaired) electrons. The molecular weight excluding hydrogens is 272 g/mol. The monoisotopic (exact) mass is 288 g/mol. The van der Waals surface area contributed by atoms with Crippen molar-refractivity contribution >= 4 is 27.7 Å². The summed E-state index contributed by atoms with van der Waals surface area (Å²) in [5, 5.41) is 2.92. The van der Waals surface area contributed by atoms with Crippen LogP contribution in [0.5, 0.6) is 0 Å². The van der Waals surface area contributed by atoms with E-state index in [1.54, 1.807) is 13.2 Å². The zero-order valence-electron chi connectivity index (χ0n) is 9.83. The smallest absolute Gasteiger partial charge is 0.224 e. The van der Waals surface area contributed by atoms with Gasteiger partial charge < -0.3 is 15.0 Å². The van der Waals surface area contributed by atoms with Crippen LogP contribution in [-0.4, -0.2) is 43.8 Å². The maximum Gasteiger partial charge on any atom is 0.224 e. The molecule has 90 valence electrons. The highest BCUT2D eigenvalue weighted by Crippen LogP contribution is 2.22. The lowest BCUT2D eigenvalue weighted by Gasteiger charge is -2.19. The molecule has 0 fully saturated rings. The summed E-state index contributed by atoms with van der Waals surface area (Å²) in [7, 11) is 3.78. The third kappa shape index (κ3) is 3.61. The summed E-state index contributed by atoms with van der Waals surface area (Å²) in [5.74, 6) is 1.47. The van der Waals surface area contributed by atoms with Gasteiger partial charge in [-0.2, -0.15) is 4.98 Å². The Hall–Kier alpha value is -0.880. The van der Waals surface area contributed by atoms with E-state index >= 15 is 0 Å². The van der Waals surface area contributed by atoms with Crippen LogP contribution in [0, 0.1) is 0 Å². The van der Waals surface area contributed by atoms with Crippen LogP contribution >= 0.6 is 15.9 Å². The summed E-state index contributed by atoms with van der Waals surface area (Å²) in [6.07, 6.45) is 1.74. The highest BCUT2D eigenvalue weighted by atomic mass is 79.9. The molecule has 0 spiro atoms. The normalized spacial score (nSPS) is 10.2. The molecule has 0 amide bonds. The van der Waals surface area contributed by atoms with Gasteiger partial charge >= 0.3 is 0 Å². The van der Waals surface area contributed by atoms with Gasteiger partial charge in [0, 0.05) is 33.4 Å². The van der Waals surface area contributed by atoms with Gasteiger partial charge in [-0.05, 0) is 22.9 Å². The summed E-state index contributed by atoms with van der Waals surface area (Å²) in [6.45, 7) is 4.21. The van der Waals surface area contributed by atoms with Gasteiger partial charge in [-0.25, -0.2) is 4.98 Å². The number of rotatable bonds is 6. The van der Waals surface area contributed by atoms with Crippen molar-refractivity contribution in [3.8, 4) is 0 Å². The summed E-state index contributed by atoms with van der Waals surface area (Å²) >= 11 is 3.43. The molecule has 0 aliphatic heterocycles. The molecule has 5 nitrogen and oxygen atoms in total. The molecule has 1 rings (SSSR count). The Labute approximate surface area is 104 Å². The minimum Gasteiger partial charge on any atom is -0.380 e. The van der Waals surface area contributed by atoms with Crippen LogP contribution < -0.4 is 10.2 Å². The predicted molar refractivity (Wildman–Crippen MR) is 69.0 cm³/mol. The van der Waals surface area contributed by atoms with Gasteiger partial charge in [-0.3, -0.25) is 0 Å². The first-order valence-electron chi connectivity index (χ1n) is 5.18. The summed E-state index contributed by atoms with van der Waals surface area (Å²) in [5.41, 5.74) is 0. The van der Waals surface area contributed by atoms with E-state index in [4.69, 9.17) is 4.74 Å². The summed E-state index contributed by atoms with van der Waals surface area (Å²) in [4.78, 5) is 10.5. The van der Waals surface area contributed by atoms with Crippen LogP contribution in [0.15, 0.2) is 10.7 Å². The maximum atomic E-state index is 5.31. The fraction of sp³-hybridized carbons (Fsp3) is 0.600. The largest absolute Gasteiger partial charge is 0.380 e. The second-order valence-corrected chi connectivity index (χ2v) is 4.09. The van der Waals surface area contributed by atoms with Gasteiger partial charge in [0.05, 0.1) is 11.1 Å². The van der Waals surface area contributed by atoms with E-state index in [9.17, 15) is 0 Å².